The largest absolute Gasteiger partial charge is 0.457 e. The molecule has 3 aromatic rings. The summed E-state index contributed by atoms with van der Waals surface area (Å²) in [6.07, 6.45) is 2.04. The molecule has 0 saturated heterocycles. The van der Waals surface area contributed by atoms with Crippen LogP contribution >= 0.6 is 11.8 Å². The third-order valence-corrected chi connectivity index (χ3v) is 7.03. The molecule has 3 aromatic carbocycles. The summed E-state index contributed by atoms with van der Waals surface area (Å²) < 4.78 is 34.5. The first kappa shape index (κ1) is 23.3. The summed E-state index contributed by atoms with van der Waals surface area (Å²) in [5, 5.41) is 0. The van der Waals surface area contributed by atoms with Crippen LogP contribution in [0, 0.1) is 6.92 Å². The topological polar surface area (TPSA) is 58.6 Å². The quantitative estimate of drug-likeness (QED) is 0.457. The van der Waals surface area contributed by atoms with Crippen LogP contribution in [0.4, 0.5) is 0 Å². The molecule has 0 atom stereocenters. The first-order valence-electron chi connectivity index (χ1n) is 9.92. The summed E-state index contributed by atoms with van der Waals surface area (Å²) >= 11 is 1.69. The van der Waals surface area contributed by atoms with Gasteiger partial charge in [0, 0.05) is 23.5 Å². The molecular formula is C24H28N2O3S2. The number of aryl methyl sites for hydroxylation is 1. The predicted octanol–water partition coefficient (Wildman–Crippen LogP) is 5.05. The summed E-state index contributed by atoms with van der Waals surface area (Å²) in [5.74, 6) is 1.38. The molecule has 0 heterocycles. The number of sulfonamides is 1. The van der Waals surface area contributed by atoms with Gasteiger partial charge in [-0.2, -0.15) is 0 Å². The normalized spacial score (nSPS) is 11.6. The Bertz CT molecular complexity index is 1130. The van der Waals surface area contributed by atoms with E-state index in [1.807, 2.05) is 80.7 Å². The van der Waals surface area contributed by atoms with Crippen LogP contribution in [0.15, 0.2) is 76.5 Å². The van der Waals surface area contributed by atoms with Crippen LogP contribution < -0.4 is 9.46 Å². The van der Waals surface area contributed by atoms with Gasteiger partial charge in [-0.15, -0.1) is 11.8 Å². The number of nitrogens with zero attached hydrogens (tertiary/aromatic N) is 1. The van der Waals surface area contributed by atoms with Crippen LogP contribution in [0.25, 0.3) is 0 Å². The molecule has 0 radical (unpaired) electrons. The van der Waals surface area contributed by atoms with Crippen LogP contribution in [0.3, 0.4) is 0 Å². The highest BCUT2D eigenvalue weighted by Crippen LogP contribution is 2.31. The van der Waals surface area contributed by atoms with Gasteiger partial charge in [-0.05, 0) is 74.8 Å². The Hall–Kier alpha value is -2.32. The van der Waals surface area contributed by atoms with E-state index in [0.717, 1.165) is 22.4 Å². The van der Waals surface area contributed by atoms with E-state index in [9.17, 15) is 8.42 Å². The second kappa shape index (κ2) is 10.3. The molecule has 0 aromatic heterocycles. The maximum atomic E-state index is 12.9. The summed E-state index contributed by atoms with van der Waals surface area (Å²) in [6.45, 7) is 2.85. The molecule has 0 aliphatic rings. The first-order chi connectivity index (χ1) is 14.8. The zero-order valence-corrected chi connectivity index (χ0v) is 19.9. The van der Waals surface area contributed by atoms with E-state index in [1.165, 1.54) is 4.90 Å². The van der Waals surface area contributed by atoms with Crippen molar-refractivity contribution in [3.05, 3.63) is 83.4 Å². The highest BCUT2D eigenvalue weighted by atomic mass is 32.2. The van der Waals surface area contributed by atoms with Crippen LogP contribution in [0.2, 0.25) is 0 Å². The van der Waals surface area contributed by atoms with E-state index in [2.05, 4.69) is 4.72 Å². The lowest BCUT2D eigenvalue weighted by Crippen LogP contribution is -2.23. The molecule has 0 fully saturated rings. The van der Waals surface area contributed by atoms with Gasteiger partial charge in [0.05, 0.1) is 4.90 Å². The molecular weight excluding hydrogens is 428 g/mol. The summed E-state index contributed by atoms with van der Waals surface area (Å²) in [5.41, 5.74) is 2.85. The molecule has 164 valence electrons. The van der Waals surface area contributed by atoms with E-state index in [4.69, 9.17) is 4.74 Å². The minimum Gasteiger partial charge on any atom is -0.457 e. The Balaban J connectivity index is 1.86. The van der Waals surface area contributed by atoms with E-state index >= 15 is 0 Å². The molecule has 0 aliphatic heterocycles. The monoisotopic (exact) mass is 456 g/mol. The smallest absolute Gasteiger partial charge is 0.240 e. The molecule has 0 amide bonds. The van der Waals surface area contributed by atoms with Crippen molar-refractivity contribution in [2.45, 2.75) is 29.8 Å². The molecule has 0 spiro atoms. The zero-order valence-electron chi connectivity index (χ0n) is 18.3. The lowest BCUT2D eigenvalue weighted by molar-refractivity contribution is 0.388. The molecule has 0 saturated carbocycles. The number of hydrogen-bond donors (Lipinski definition) is 1. The highest BCUT2D eigenvalue weighted by Gasteiger charge is 2.17. The third kappa shape index (κ3) is 6.33. The Labute approximate surface area is 189 Å². The van der Waals surface area contributed by atoms with E-state index in [-0.39, 0.29) is 11.4 Å². The number of ether oxygens (including phenoxy) is 1. The van der Waals surface area contributed by atoms with Crippen LogP contribution in [-0.2, 0) is 23.1 Å². The molecule has 3 rings (SSSR count). The molecule has 5 nitrogen and oxygen atoms in total. The fraction of sp³-hybridized carbons (Fsp3) is 0.250. The standard InChI is InChI=1S/C24H28N2O3S2/c1-18-14-21(10-13-24(18)30-4)29-23-12-11-22(15-20(23)17-26(2)3)31(27,28)25-16-19-8-6-5-7-9-19/h5-15,25H,16-17H2,1-4H3. The average molecular weight is 457 g/mol. The molecule has 31 heavy (non-hydrogen) atoms. The Morgan fingerprint density at radius 2 is 1.74 bits per heavy atom. The lowest BCUT2D eigenvalue weighted by Gasteiger charge is -2.17. The number of rotatable bonds is 9. The number of hydrogen-bond acceptors (Lipinski definition) is 5. The van der Waals surface area contributed by atoms with Gasteiger partial charge in [0.1, 0.15) is 11.5 Å². The summed E-state index contributed by atoms with van der Waals surface area (Å²) in [4.78, 5) is 3.41. The van der Waals surface area contributed by atoms with Gasteiger partial charge in [0.15, 0.2) is 0 Å². The SMILES string of the molecule is CSc1ccc(Oc2ccc(S(=O)(=O)NCc3ccccc3)cc2CN(C)C)cc1C. The average Bonchev–Trinajstić information content (AvgIpc) is 2.74. The summed E-state index contributed by atoms with van der Waals surface area (Å²) in [7, 11) is 0.232. The van der Waals surface area contributed by atoms with Crippen molar-refractivity contribution >= 4 is 21.8 Å². The number of thioether (sulfide) groups is 1. The minimum atomic E-state index is -3.65. The maximum Gasteiger partial charge on any atom is 0.240 e. The van der Waals surface area contributed by atoms with Crippen molar-refractivity contribution < 1.29 is 13.2 Å². The Morgan fingerprint density at radius 3 is 2.39 bits per heavy atom. The van der Waals surface area contributed by atoms with Gasteiger partial charge >= 0.3 is 0 Å². The first-order valence-corrected chi connectivity index (χ1v) is 12.6. The van der Waals surface area contributed by atoms with Gasteiger partial charge in [0.2, 0.25) is 10.0 Å². The zero-order chi connectivity index (χ0) is 22.4. The van der Waals surface area contributed by atoms with Crippen molar-refractivity contribution in [2.24, 2.45) is 0 Å². The van der Waals surface area contributed by atoms with E-state index in [1.54, 1.807) is 30.0 Å². The van der Waals surface area contributed by atoms with Gasteiger partial charge in [-0.25, -0.2) is 13.1 Å². The fourth-order valence-corrected chi connectivity index (χ4v) is 4.84. The van der Waals surface area contributed by atoms with Crippen molar-refractivity contribution in [2.75, 3.05) is 20.4 Å². The predicted molar refractivity (Wildman–Crippen MR) is 127 cm³/mol. The van der Waals surface area contributed by atoms with E-state index in [0.29, 0.717) is 12.3 Å². The Kier molecular flexibility index (Phi) is 7.78. The summed E-state index contributed by atoms with van der Waals surface area (Å²) in [6, 6.07) is 20.4. The second-order valence-corrected chi connectivity index (χ2v) is 10.2. The van der Waals surface area contributed by atoms with Crippen LogP contribution in [0.1, 0.15) is 16.7 Å². The van der Waals surface area contributed by atoms with Gasteiger partial charge in [-0.3, -0.25) is 0 Å². The number of nitrogens with one attached hydrogen (secondary N) is 1. The van der Waals surface area contributed by atoms with Crippen LogP contribution in [-0.4, -0.2) is 33.7 Å². The van der Waals surface area contributed by atoms with Gasteiger partial charge in [0.25, 0.3) is 0 Å². The molecule has 0 bridgehead atoms. The highest BCUT2D eigenvalue weighted by molar-refractivity contribution is 7.98. The van der Waals surface area contributed by atoms with Crippen molar-refractivity contribution in [1.29, 1.82) is 0 Å². The molecule has 7 heteroatoms. The fourth-order valence-electron chi connectivity index (χ4n) is 3.19. The maximum absolute atomic E-state index is 12.9. The van der Waals surface area contributed by atoms with Crippen LogP contribution in [0.5, 0.6) is 11.5 Å². The van der Waals surface area contributed by atoms with E-state index < -0.39 is 10.0 Å². The Morgan fingerprint density at radius 1 is 1.00 bits per heavy atom. The van der Waals surface area contributed by atoms with Gasteiger partial charge < -0.3 is 9.64 Å². The van der Waals surface area contributed by atoms with Crippen molar-refractivity contribution in [1.82, 2.24) is 9.62 Å². The molecule has 0 aliphatic carbocycles. The van der Waals surface area contributed by atoms with Crippen molar-refractivity contribution in [3.8, 4) is 11.5 Å². The van der Waals surface area contributed by atoms with Crippen molar-refractivity contribution in [3.63, 3.8) is 0 Å². The molecule has 1 N–H and O–H groups in total. The third-order valence-electron chi connectivity index (χ3n) is 4.73. The second-order valence-electron chi connectivity index (χ2n) is 7.55. The lowest BCUT2D eigenvalue weighted by atomic mass is 10.2. The minimum absolute atomic E-state index is 0.224. The van der Waals surface area contributed by atoms with Gasteiger partial charge in [-0.1, -0.05) is 30.3 Å². The number of benzene rings is 3. The molecule has 0 unspecified atom stereocenters.